The second kappa shape index (κ2) is 6.98. The summed E-state index contributed by atoms with van der Waals surface area (Å²) in [4.78, 5) is 14.5. The first kappa shape index (κ1) is 11.7. The van der Waals surface area contributed by atoms with Gasteiger partial charge in [0.2, 0.25) is 0 Å². The number of aldehydes is 1. The third-order valence-corrected chi connectivity index (χ3v) is 2.20. The van der Waals surface area contributed by atoms with Gasteiger partial charge in [0.05, 0.1) is 6.26 Å². The molecule has 1 aromatic heterocycles. The van der Waals surface area contributed by atoms with E-state index in [1.165, 1.54) is 0 Å². The SMILES string of the molecule is CCC(N=CCCCC=O)c1ccco1. The molecule has 3 nitrogen and oxygen atoms in total. The highest BCUT2D eigenvalue weighted by Crippen LogP contribution is 2.20. The zero-order valence-corrected chi connectivity index (χ0v) is 9.06. The van der Waals surface area contributed by atoms with Crippen molar-refractivity contribution in [2.75, 3.05) is 0 Å². The third kappa shape index (κ3) is 4.11. The summed E-state index contributed by atoms with van der Waals surface area (Å²) in [5, 5.41) is 0. The minimum Gasteiger partial charge on any atom is -0.467 e. The van der Waals surface area contributed by atoms with E-state index in [4.69, 9.17) is 4.42 Å². The zero-order chi connectivity index (χ0) is 10.9. The van der Waals surface area contributed by atoms with Gasteiger partial charge < -0.3 is 9.21 Å². The molecule has 0 radical (unpaired) electrons. The van der Waals surface area contributed by atoms with E-state index < -0.39 is 0 Å². The molecule has 0 N–H and O–H groups in total. The van der Waals surface area contributed by atoms with Crippen LogP contribution in [0.1, 0.15) is 44.4 Å². The predicted octanol–water partition coefficient (Wildman–Crippen LogP) is 3.17. The first-order valence-corrected chi connectivity index (χ1v) is 5.37. The van der Waals surface area contributed by atoms with Crippen LogP contribution in [0.2, 0.25) is 0 Å². The van der Waals surface area contributed by atoms with Crippen LogP contribution in [0.4, 0.5) is 0 Å². The van der Waals surface area contributed by atoms with Crippen LogP contribution in [-0.4, -0.2) is 12.5 Å². The molecule has 1 unspecified atom stereocenters. The smallest absolute Gasteiger partial charge is 0.128 e. The number of furan rings is 1. The lowest BCUT2D eigenvalue weighted by Gasteiger charge is -2.05. The van der Waals surface area contributed by atoms with Crippen molar-refractivity contribution in [2.45, 2.75) is 38.6 Å². The maximum Gasteiger partial charge on any atom is 0.128 e. The number of carbonyl (C=O) groups is 1. The lowest BCUT2D eigenvalue weighted by Crippen LogP contribution is -1.92. The summed E-state index contributed by atoms with van der Waals surface area (Å²) in [7, 11) is 0. The normalized spacial score (nSPS) is 13.1. The molecule has 0 bridgehead atoms. The molecular weight excluding hydrogens is 190 g/mol. The summed E-state index contributed by atoms with van der Waals surface area (Å²) >= 11 is 0. The molecule has 1 aromatic rings. The van der Waals surface area contributed by atoms with E-state index in [-0.39, 0.29) is 6.04 Å². The maximum atomic E-state index is 10.1. The molecule has 0 aliphatic rings. The lowest BCUT2D eigenvalue weighted by atomic mass is 10.2. The largest absolute Gasteiger partial charge is 0.467 e. The van der Waals surface area contributed by atoms with Gasteiger partial charge in [0.25, 0.3) is 0 Å². The van der Waals surface area contributed by atoms with Gasteiger partial charge in [0.15, 0.2) is 0 Å². The Balaban J connectivity index is 2.37. The second-order valence-electron chi connectivity index (χ2n) is 3.37. The van der Waals surface area contributed by atoms with Gasteiger partial charge in [-0.05, 0) is 37.6 Å². The van der Waals surface area contributed by atoms with Gasteiger partial charge in [0.1, 0.15) is 18.1 Å². The summed E-state index contributed by atoms with van der Waals surface area (Å²) < 4.78 is 5.29. The van der Waals surface area contributed by atoms with E-state index in [2.05, 4.69) is 11.9 Å². The van der Waals surface area contributed by atoms with Crippen molar-refractivity contribution in [3.05, 3.63) is 24.2 Å². The number of carbonyl (C=O) groups excluding carboxylic acids is 1. The Morgan fingerprint density at radius 3 is 3.00 bits per heavy atom. The zero-order valence-electron chi connectivity index (χ0n) is 9.06. The van der Waals surface area contributed by atoms with Crippen molar-refractivity contribution in [1.82, 2.24) is 0 Å². The Hall–Kier alpha value is -1.38. The van der Waals surface area contributed by atoms with E-state index in [0.717, 1.165) is 31.3 Å². The molecule has 0 aliphatic carbocycles. The lowest BCUT2D eigenvalue weighted by molar-refractivity contribution is -0.107. The standard InChI is InChI=1S/C12H17NO2/c1-2-11(12-7-6-10-15-12)13-8-4-3-5-9-14/h6-11H,2-5H2,1H3. The summed E-state index contributed by atoms with van der Waals surface area (Å²) in [6.07, 6.45) is 7.77. The topological polar surface area (TPSA) is 42.6 Å². The molecule has 82 valence electrons. The highest BCUT2D eigenvalue weighted by atomic mass is 16.3. The second-order valence-corrected chi connectivity index (χ2v) is 3.37. The summed E-state index contributed by atoms with van der Waals surface area (Å²) in [6.45, 7) is 2.08. The molecular formula is C12H17NO2. The Morgan fingerprint density at radius 2 is 2.40 bits per heavy atom. The van der Waals surface area contributed by atoms with E-state index in [1.807, 2.05) is 18.3 Å². The van der Waals surface area contributed by atoms with Crippen LogP contribution in [0, 0.1) is 0 Å². The van der Waals surface area contributed by atoms with Gasteiger partial charge in [-0.15, -0.1) is 0 Å². The highest BCUT2D eigenvalue weighted by Gasteiger charge is 2.08. The predicted molar refractivity (Wildman–Crippen MR) is 60.1 cm³/mol. The van der Waals surface area contributed by atoms with Gasteiger partial charge in [0, 0.05) is 6.42 Å². The van der Waals surface area contributed by atoms with Crippen molar-refractivity contribution in [1.29, 1.82) is 0 Å². The minimum absolute atomic E-state index is 0.122. The number of hydrogen-bond acceptors (Lipinski definition) is 3. The number of hydrogen-bond donors (Lipinski definition) is 0. The fourth-order valence-corrected chi connectivity index (χ4v) is 1.36. The van der Waals surface area contributed by atoms with Crippen LogP contribution in [-0.2, 0) is 4.79 Å². The number of unbranched alkanes of at least 4 members (excludes halogenated alkanes) is 2. The molecule has 0 aliphatic heterocycles. The molecule has 0 spiro atoms. The van der Waals surface area contributed by atoms with Crippen molar-refractivity contribution < 1.29 is 9.21 Å². The molecule has 0 saturated carbocycles. The average molecular weight is 207 g/mol. The Bertz CT molecular complexity index is 291. The average Bonchev–Trinajstić information content (AvgIpc) is 2.77. The Kier molecular flexibility index (Phi) is 5.44. The third-order valence-electron chi connectivity index (χ3n) is 2.20. The quantitative estimate of drug-likeness (QED) is 0.391. The van der Waals surface area contributed by atoms with Crippen LogP contribution >= 0.6 is 0 Å². The van der Waals surface area contributed by atoms with Crippen LogP contribution < -0.4 is 0 Å². The maximum absolute atomic E-state index is 10.1. The first-order chi connectivity index (χ1) is 7.38. The minimum atomic E-state index is 0.122. The van der Waals surface area contributed by atoms with E-state index in [9.17, 15) is 4.79 Å². The van der Waals surface area contributed by atoms with Gasteiger partial charge >= 0.3 is 0 Å². The molecule has 0 saturated heterocycles. The summed E-state index contributed by atoms with van der Waals surface area (Å²) in [5.41, 5.74) is 0. The van der Waals surface area contributed by atoms with Crippen LogP contribution in [0.5, 0.6) is 0 Å². The molecule has 0 amide bonds. The van der Waals surface area contributed by atoms with Gasteiger partial charge in [-0.2, -0.15) is 0 Å². The van der Waals surface area contributed by atoms with Crippen LogP contribution in [0.15, 0.2) is 27.8 Å². The monoisotopic (exact) mass is 207 g/mol. The van der Waals surface area contributed by atoms with E-state index in [1.54, 1.807) is 6.26 Å². The van der Waals surface area contributed by atoms with Crippen molar-refractivity contribution >= 4 is 12.5 Å². The Labute approximate surface area is 90.2 Å². The molecule has 0 fully saturated rings. The molecule has 3 heteroatoms. The number of rotatable bonds is 7. The van der Waals surface area contributed by atoms with Crippen molar-refractivity contribution in [3.8, 4) is 0 Å². The Morgan fingerprint density at radius 1 is 1.53 bits per heavy atom. The summed E-state index contributed by atoms with van der Waals surface area (Å²) in [6, 6.07) is 3.94. The fraction of sp³-hybridized carbons (Fsp3) is 0.500. The van der Waals surface area contributed by atoms with Gasteiger partial charge in [-0.25, -0.2) is 0 Å². The van der Waals surface area contributed by atoms with Gasteiger partial charge in [-0.3, -0.25) is 4.99 Å². The molecule has 1 rings (SSSR count). The summed E-state index contributed by atoms with van der Waals surface area (Å²) in [5.74, 6) is 0.907. The number of nitrogens with zero attached hydrogens (tertiary/aromatic N) is 1. The highest BCUT2D eigenvalue weighted by molar-refractivity contribution is 5.58. The molecule has 1 heterocycles. The van der Waals surface area contributed by atoms with E-state index in [0.29, 0.717) is 6.42 Å². The molecule has 1 atom stereocenters. The van der Waals surface area contributed by atoms with Gasteiger partial charge in [-0.1, -0.05) is 6.92 Å². The number of aliphatic imine (C=N–C) groups is 1. The van der Waals surface area contributed by atoms with Crippen molar-refractivity contribution in [3.63, 3.8) is 0 Å². The van der Waals surface area contributed by atoms with Crippen LogP contribution in [0.3, 0.4) is 0 Å². The molecule has 0 aromatic carbocycles. The molecule has 15 heavy (non-hydrogen) atoms. The fourth-order valence-electron chi connectivity index (χ4n) is 1.36. The first-order valence-electron chi connectivity index (χ1n) is 5.37. The van der Waals surface area contributed by atoms with Crippen molar-refractivity contribution in [2.24, 2.45) is 4.99 Å². The van der Waals surface area contributed by atoms with Crippen LogP contribution in [0.25, 0.3) is 0 Å². The van der Waals surface area contributed by atoms with E-state index >= 15 is 0 Å².